The number of aliphatic hydroxyl groups excluding tert-OH is 1. The number of amides is 2. The lowest BCUT2D eigenvalue weighted by molar-refractivity contribution is -0.137. The summed E-state index contributed by atoms with van der Waals surface area (Å²) in [4.78, 5) is 26.3. The van der Waals surface area contributed by atoms with Gasteiger partial charge in [0.15, 0.2) is 0 Å². The number of anilines is 1. The first-order valence-corrected chi connectivity index (χ1v) is 11.5. The zero-order chi connectivity index (χ0) is 26.0. The van der Waals surface area contributed by atoms with Crippen LogP contribution < -0.4 is 15.8 Å². The van der Waals surface area contributed by atoms with Crippen LogP contribution in [0.5, 0.6) is 0 Å². The number of benzene rings is 3. The molecule has 4 rings (SSSR count). The molecule has 0 saturated carbocycles. The van der Waals surface area contributed by atoms with Gasteiger partial charge in [-0.2, -0.15) is 13.2 Å². The molecule has 0 aromatic heterocycles. The first-order valence-electron chi connectivity index (χ1n) is 11.5. The number of halogens is 3. The second-order valence-electron chi connectivity index (χ2n) is 8.74. The summed E-state index contributed by atoms with van der Waals surface area (Å²) in [7, 11) is 0. The Bertz CT molecular complexity index is 1260. The molecule has 9 heteroatoms. The van der Waals surface area contributed by atoms with E-state index in [2.05, 4.69) is 10.7 Å². The fourth-order valence-electron chi connectivity index (χ4n) is 4.18. The molecule has 1 heterocycles. The number of alkyl halides is 3. The van der Waals surface area contributed by atoms with Crippen LogP contribution in [-0.2, 0) is 15.8 Å². The minimum Gasteiger partial charge on any atom is -0.387 e. The largest absolute Gasteiger partial charge is 0.416 e. The summed E-state index contributed by atoms with van der Waals surface area (Å²) in [5.74, 6) is -1.30. The van der Waals surface area contributed by atoms with Gasteiger partial charge in [-0.25, -0.2) is 5.01 Å². The minimum absolute atomic E-state index is 0.0771. The number of para-hydroxylation sites is 1. The summed E-state index contributed by atoms with van der Waals surface area (Å²) in [6.45, 7) is 3.28. The van der Waals surface area contributed by atoms with E-state index < -0.39 is 35.7 Å². The maximum Gasteiger partial charge on any atom is 0.416 e. The van der Waals surface area contributed by atoms with Crippen LogP contribution in [0.15, 0.2) is 72.8 Å². The lowest BCUT2D eigenvalue weighted by Crippen LogP contribution is -2.53. The fraction of sp³-hybridized carbons (Fsp3) is 0.259. The Balaban J connectivity index is 1.46. The Kier molecular flexibility index (Phi) is 7.14. The van der Waals surface area contributed by atoms with Crippen molar-refractivity contribution in [1.82, 2.24) is 10.7 Å². The van der Waals surface area contributed by atoms with E-state index in [1.54, 1.807) is 26.0 Å². The van der Waals surface area contributed by atoms with Crippen molar-refractivity contribution < 1.29 is 27.9 Å². The van der Waals surface area contributed by atoms with E-state index in [1.807, 2.05) is 36.4 Å². The van der Waals surface area contributed by atoms with Gasteiger partial charge in [-0.15, -0.1) is 0 Å². The second kappa shape index (κ2) is 10.1. The first kappa shape index (κ1) is 25.4. The van der Waals surface area contributed by atoms with Crippen molar-refractivity contribution in [2.75, 3.05) is 11.6 Å². The summed E-state index contributed by atoms with van der Waals surface area (Å²) in [6.07, 6.45) is -5.59. The van der Waals surface area contributed by atoms with E-state index in [4.69, 9.17) is 0 Å². The van der Waals surface area contributed by atoms with Gasteiger partial charge in [0.05, 0.1) is 29.3 Å². The lowest BCUT2D eigenvalue weighted by atomic mass is 9.92. The molecular weight excluding hydrogens is 471 g/mol. The first-order chi connectivity index (χ1) is 17.1. The summed E-state index contributed by atoms with van der Waals surface area (Å²) >= 11 is 0. The van der Waals surface area contributed by atoms with Crippen LogP contribution in [0.4, 0.5) is 18.9 Å². The number of fused-ring (bicyclic) bond motifs is 3. The van der Waals surface area contributed by atoms with Crippen LogP contribution in [0.2, 0.25) is 0 Å². The van der Waals surface area contributed by atoms with Crippen LogP contribution >= 0.6 is 0 Å². The normalized spacial score (nSPS) is 17.0. The molecule has 3 atom stereocenters. The second-order valence-corrected chi connectivity index (χ2v) is 8.74. The van der Waals surface area contributed by atoms with Crippen molar-refractivity contribution in [3.05, 3.63) is 89.5 Å². The quantitative estimate of drug-likeness (QED) is 0.466. The van der Waals surface area contributed by atoms with Crippen LogP contribution in [0.3, 0.4) is 0 Å². The molecule has 0 aliphatic carbocycles. The van der Waals surface area contributed by atoms with Crippen molar-refractivity contribution in [1.29, 1.82) is 0 Å². The molecule has 36 heavy (non-hydrogen) atoms. The molecule has 3 aromatic carbocycles. The predicted molar refractivity (Wildman–Crippen MR) is 130 cm³/mol. The summed E-state index contributed by atoms with van der Waals surface area (Å²) in [6, 6.07) is 18.3. The van der Waals surface area contributed by atoms with Crippen molar-refractivity contribution in [2.24, 2.45) is 0 Å². The zero-order valence-corrected chi connectivity index (χ0v) is 19.7. The van der Waals surface area contributed by atoms with Crippen LogP contribution in [-0.4, -0.2) is 29.5 Å². The Morgan fingerprint density at radius 1 is 1.00 bits per heavy atom. The number of nitrogens with zero attached hydrogens (tertiary/aromatic N) is 1. The molecule has 6 nitrogen and oxygen atoms in total. The molecule has 0 radical (unpaired) electrons. The van der Waals surface area contributed by atoms with E-state index in [0.717, 1.165) is 28.8 Å². The molecule has 2 amide bonds. The Morgan fingerprint density at radius 2 is 1.61 bits per heavy atom. The smallest absolute Gasteiger partial charge is 0.387 e. The van der Waals surface area contributed by atoms with Gasteiger partial charge in [-0.1, -0.05) is 54.6 Å². The highest BCUT2D eigenvalue weighted by Crippen LogP contribution is 2.40. The van der Waals surface area contributed by atoms with Crippen LogP contribution in [0.1, 0.15) is 42.6 Å². The highest BCUT2D eigenvalue weighted by Gasteiger charge is 2.33. The predicted octanol–water partition coefficient (Wildman–Crippen LogP) is 4.57. The number of hydrogen-bond acceptors (Lipinski definition) is 4. The topological polar surface area (TPSA) is 81.7 Å². The maximum atomic E-state index is 13.3. The monoisotopic (exact) mass is 497 g/mol. The van der Waals surface area contributed by atoms with Crippen LogP contribution in [0, 0.1) is 0 Å². The van der Waals surface area contributed by atoms with Gasteiger partial charge >= 0.3 is 6.18 Å². The molecule has 0 bridgehead atoms. The van der Waals surface area contributed by atoms with Gasteiger partial charge in [0, 0.05) is 12.1 Å². The van der Waals surface area contributed by atoms with Crippen molar-refractivity contribution in [3.63, 3.8) is 0 Å². The SMILES string of the molecule is CC1C(=O)N(NC(=O)[C@H](C)NC[C@@H](O)c2ccc(C(F)(F)F)cc2)c2ccccc2-c2ccccc21. The number of nitrogens with one attached hydrogen (secondary N) is 2. The summed E-state index contributed by atoms with van der Waals surface area (Å²) in [5, 5.41) is 14.5. The number of carbonyl (C=O) groups excluding carboxylic acids is 2. The van der Waals surface area contributed by atoms with Gasteiger partial charge in [0.25, 0.3) is 11.8 Å². The van der Waals surface area contributed by atoms with Crippen LogP contribution in [0.25, 0.3) is 11.1 Å². The number of rotatable bonds is 6. The molecule has 0 spiro atoms. The standard InChI is InChI=1S/C27H26F3N3O3/c1-16-20-7-3-4-8-21(20)22-9-5-6-10-23(22)33(26(16)36)32-25(35)17(2)31-15-24(34)18-11-13-19(14-12-18)27(28,29)30/h3-14,16-17,24,31,34H,15H2,1-2H3,(H,32,35)/t16?,17-,24+/m0/s1. The fourth-order valence-corrected chi connectivity index (χ4v) is 4.18. The number of carbonyl (C=O) groups is 2. The van der Waals surface area contributed by atoms with Crippen molar-refractivity contribution >= 4 is 17.5 Å². The third-order valence-electron chi connectivity index (χ3n) is 6.31. The van der Waals surface area contributed by atoms with Gasteiger partial charge < -0.3 is 10.4 Å². The summed E-state index contributed by atoms with van der Waals surface area (Å²) in [5.41, 5.74) is 5.30. The third kappa shape index (κ3) is 5.12. The highest BCUT2D eigenvalue weighted by atomic mass is 19.4. The lowest BCUT2D eigenvalue weighted by Gasteiger charge is -2.27. The Morgan fingerprint density at radius 3 is 2.28 bits per heavy atom. The minimum atomic E-state index is -4.46. The van der Waals surface area contributed by atoms with E-state index >= 15 is 0 Å². The van der Waals surface area contributed by atoms with E-state index in [1.165, 1.54) is 17.1 Å². The molecule has 1 aliphatic heterocycles. The Hall–Kier alpha value is -3.69. The van der Waals surface area contributed by atoms with Gasteiger partial charge in [0.2, 0.25) is 0 Å². The average Bonchev–Trinajstić information content (AvgIpc) is 2.96. The summed E-state index contributed by atoms with van der Waals surface area (Å²) < 4.78 is 38.3. The molecule has 1 aliphatic rings. The van der Waals surface area contributed by atoms with E-state index in [9.17, 15) is 27.9 Å². The highest BCUT2D eigenvalue weighted by molar-refractivity contribution is 6.06. The average molecular weight is 498 g/mol. The van der Waals surface area contributed by atoms with Gasteiger partial charge in [-0.3, -0.25) is 15.0 Å². The zero-order valence-electron chi connectivity index (χ0n) is 19.7. The molecular formula is C27H26F3N3O3. The van der Waals surface area contributed by atoms with Crippen molar-refractivity contribution in [2.45, 2.75) is 38.1 Å². The molecule has 188 valence electrons. The number of aliphatic hydroxyl groups is 1. The molecule has 3 aromatic rings. The number of hydrazine groups is 1. The van der Waals surface area contributed by atoms with Gasteiger partial charge in [0.1, 0.15) is 0 Å². The third-order valence-corrected chi connectivity index (χ3v) is 6.31. The van der Waals surface area contributed by atoms with E-state index in [-0.39, 0.29) is 18.0 Å². The molecule has 3 N–H and O–H groups in total. The van der Waals surface area contributed by atoms with E-state index in [0.29, 0.717) is 5.69 Å². The Labute approximate surface area is 206 Å². The maximum absolute atomic E-state index is 13.3. The molecule has 0 saturated heterocycles. The number of hydrogen-bond donors (Lipinski definition) is 3. The molecule has 0 fully saturated rings. The van der Waals surface area contributed by atoms with Crippen molar-refractivity contribution in [3.8, 4) is 11.1 Å². The van der Waals surface area contributed by atoms with Gasteiger partial charge in [-0.05, 0) is 48.7 Å². The molecule has 1 unspecified atom stereocenters.